The van der Waals surface area contributed by atoms with Crippen molar-refractivity contribution >= 4 is 23.2 Å². The van der Waals surface area contributed by atoms with Crippen molar-refractivity contribution in [1.29, 1.82) is 0 Å². The summed E-state index contributed by atoms with van der Waals surface area (Å²) in [6.45, 7) is 3.44. The number of benzene rings is 2. The Kier molecular flexibility index (Phi) is 5.89. The van der Waals surface area contributed by atoms with Crippen LogP contribution in [-0.2, 0) is 16.0 Å². The Morgan fingerprint density at radius 3 is 2.50 bits per heavy atom. The zero-order valence-electron chi connectivity index (χ0n) is 15.1. The van der Waals surface area contributed by atoms with Crippen LogP contribution in [-0.4, -0.2) is 30.9 Å². The number of nitrogens with one attached hydrogen (secondary N) is 2. The number of carbonyl (C=O) groups excluding carboxylic acids is 2. The molecule has 5 nitrogen and oxygen atoms in total. The fourth-order valence-electron chi connectivity index (χ4n) is 3.10. The van der Waals surface area contributed by atoms with Crippen molar-refractivity contribution in [1.82, 2.24) is 5.32 Å². The highest BCUT2D eigenvalue weighted by molar-refractivity contribution is 5.95. The van der Waals surface area contributed by atoms with Gasteiger partial charge in [-0.05, 0) is 43.2 Å². The number of nitrogens with zero attached hydrogens (tertiary/aromatic N) is 1. The Labute approximate surface area is 154 Å². The van der Waals surface area contributed by atoms with Gasteiger partial charge in [0.2, 0.25) is 11.8 Å². The number of rotatable bonds is 7. The van der Waals surface area contributed by atoms with Crippen LogP contribution < -0.4 is 15.5 Å². The highest BCUT2D eigenvalue weighted by Gasteiger charge is 2.21. The van der Waals surface area contributed by atoms with E-state index in [-0.39, 0.29) is 17.9 Å². The number of amides is 2. The molecule has 2 aromatic carbocycles. The lowest BCUT2D eigenvalue weighted by atomic mass is 10.1. The van der Waals surface area contributed by atoms with Crippen LogP contribution >= 0.6 is 0 Å². The first kappa shape index (κ1) is 18.0. The Hall–Kier alpha value is -2.82. The van der Waals surface area contributed by atoms with Crippen LogP contribution in [0.1, 0.15) is 25.3 Å². The van der Waals surface area contributed by atoms with Crippen molar-refractivity contribution in [2.45, 2.75) is 32.2 Å². The molecule has 136 valence electrons. The number of hydrogen-bond acceptors (Lipinski definition) is 3. The van der Waals surface area contributed by atoms with E-state index in [0.717, 1.165) is 29.9 Å². The number of hydrogen-bond donors (Lipinski definition) is 2. The number of para-hydroxylation sites is 1. The van der Waals surface area contributed by atoms with E-state index in [9.17, 15) is 9.59 Å². The molecule has 0 saturated carbocycles. The van der Waals surface area contributed by atoms with Gasteiger partial charge >= 0.3 is 0 Å². The van der Waals surface area contributed by atoms with E-state index in [0.29, 0.717) is 19.4 Å². The maximum absolute atomic E-state index is 12.2. The van der Waals surface area contributed by atoms with Crippen LogP contribution in [0, 0.1) is 0 Å². The van der Waals surface area contributed by atoms with Gasteiger partial charge in [-0.1, -0.05) is 30.3 Å². The average Bonchev–Trinajstić information content (AvgIpc) is 3.07. The molecular weight excluding hydrogens is 326 g/mol. The molecule has 0 radical (unpaired) electrons. The number of anilines is 2. The van der Waals surface area contributed by atoms with Gasteiger partial charge in [0, 0.05) is 36.9 Å². The maximum atomic E-state index is 12.2. The van der Waals surface area contributed by atoms with Crippen molar-refractivity contribution in [3.8, 4) is 0 Å². The first-order valence-electron chi connectivity index (χ1n) is 9.09. The minimum absolute atomic E-state index is 0.00244. The van der Waals surface area contributed by atoms with Gasteiger partial charge in [0.15, 0.2) is 0 Å². The molecule has 0 aromatic heterocycles. The molecule has 5 heteroatoms. The highest BCUT2D eigenvalue weighted by Crippen LogP contribution is 2.21. The lowest BCUT2D eigenvalue weighted by Crippen LogP contribution is -2.38. The molecule has 1 aliphatic heterocycles. The molecule has 1 aliphatic rings. The molecule has 1 fully saturated rings. The van der Waals surface area contributed by atoms with E-state index < -0.39 is 0 Å². The molecule has 0 aliphatic carbocycles. The van der Waals surface area contributed by atoms with E-state index in [2.05, 4.69) is 10.6 Å². The van der Waals surface area contributed by atoms with Crippen LogP contribution in [0.15, 0.2) is 54.6 Å². The summed E-state index contributed by atoms with van der Waals surface area (Å²) in [6.07, 6.45) is 1.88. The fourth-order valence-corrected chi connectivity index (χ4v) is 3.10. The summed E-state index contributed by atoms with van der Waals surface area (Å²) in [5.41, 5.74) is 2.90. The summed E-state index contributed by atoms with van der Waals surface area (Å²) < 4.78 is 0. The van der Waals surface area contributed by atoms with E-state index >= 15 is 0 Å². The topological polar surface area (TPSA) is 61.4 Å². The lowest BCUT2D eigenvalue weighted by molar-refractivity contribution is -0.121. The van der Waals surface area contributed by atoms with E-state index in [1.165, 1.54) is 0 Å². The van der Waals surface area contributed by atoms with Gasteiger partial charge in [0.25, 0.3) is 0 Å². The van der Waals surface area contributed by atoms with Crippen molar-refractivity contribution in [2.75, 3.05) is 23.3 Å². The van der Waals surface area contributed by atoms with Crippen molar-refractivity contribution in [2.24, 2.45) is 0 Å². The smallest absolute Gasteiger partial charge is 0.227 e. The molecule has 0 bridgehead atoms. The predicted molar refractivity (Wildman–Crippen MR) is 104 cm³/mol. The summed E-state index contributed by atoms with van der Waals surface area (Å²) in [7, 11) is 0. The first-order chi connectivity index (χ1) is 12.6. The van der Waals surface area contributed by atoms with Crippen molar-refractivity contribution in [3.63, 3.8) is 0 Å². The van der Waals surface area contributed by atoms with E-state index in [4.69, 9.17) is 0 Å². The fraction of sp³-hybridized carbons (Fsp3) is 0.333. The van der Waals surface area contributed by atoms with Gasteiger partial charge in [0.05, 0.1) is 6.42 Å². The standard InChI is InChI=1S/C21H25N3O2/c1-16(15-22-18-6-3-2-4-7-18)23-20(25)14-17-9-11-19(12-10-17)24-13-5-8-21(24)26/h2-4,6-7,9-12,16,22H,5,8,13-15H2,1H3,(H,23,25). The van der Waals surface area contributed by atoms with Crippen LogP contribution in [0.2, 0.25) is 0 Å². The summed E-state index contributed by atoms with van der Waals surface area (Å²) in [4.78, 5) is 25.8. The highest BCUT2D eigenvalue weighted by atomic mass is 16.2. The van der Waals surface area contributed by atoms with E-state index in [1.807, 2.05) is 61.5 Å². The molecule has 3 rings (SSSR count). The molecule has 2 N–H and O–H groups in total. The molecular formula is C21H25N3O2. The van der Waals surface area contributed by atoms with Crippen molar-refractivity contribution in [3.05, 3.63) is 60.2 Å². The Bertz CT molecular complexity index is 744. The largest absolute Gasteiger partial charge is 0.383 e. The third-order valence-corrected chi connectivity index (χ3v) is 4.48. The normalized spacial score (nSPS) is 15.0. The van der Waals surface area contributed by atoms with Crippen LogP contribution in [0.25, 0.3) is 0 Å². The van der Waals surface area contributed by atoms with Gasteiger partial charge in [0.1, 0.15) is 0 Å². The van der Waals surface area contributed by atoms with Crippen LogP contribution in [0.3, 0.4) is 0 Å². The zero-order chi connectivity index (χ0) is 18.4. The SMILES string of the molecule is CC(CNc1ccccc1)NC(=O)Cc1ccc(N2CCCC2=O)cc1. The Morgan fingerprint density at radius 1 is 1.12 bits per heavy atom. The second-order valence-corrected chi connectivity index (χ2v) is 6.71. The molecule has 2 amide bonds. The maximum Gasteiger partial charge on any atom is 0.227 e. The summed E-state index contributed by atoms with van der Waals surface area (Å²) in [5, 5.41) is 6.31. The number of carbonyl (C=O) groups is 2. The molecule has 1 saturated heterocycles. The predicted octanol–water partition coefficient (Wildman–Crippen LogP) is 2.97. The summed E-state index contributed by atoms with van der Waals surface area (Å²) in [6, 6.07) is 17.7. The van der Waals surface area contributed by atoms with Crippen molar-refractivity contribution < 1.29 is 9.59 Å². The molecule has 2 aromatic rings. The van der Waals surface area contributed by atoms with Gasteiger partial charge in [-0.15, -0.1) is 0 Å². The minimum atomic E-state index is -0.00244. The van der Waals surface area contributed by atoms with Crippen LogP contribution in [0.4, 0.5) is 11.4 Å². The van der Waals surface area contributed by atoms with Gasteiger partial charge in [-0.25, -0.2) is 0 Å². The zero-order valence-corrected chi connectivity index (χ0v) is 15.1. The van der Waals surface area contributed by atoms with Gasteiger partial charge < -0.3 is 15.5 Å². The molecule has 1 atom stereocenters. The first-order valence-corrected chi connectivity index (χ1v) is 9.09. The third kappa shape index (κ3) is 4.85. The molecule has 1 unspecified atom stereocenters. The Balaban J connectivity index is 1.46. The lowest BCUT2D eigenvalue weighted by Gasteiger charge is -2.17. The second-order valence-electron chi connectivity index (χ2n) is 6.71. The summed E-state index contributed by atoms with van der Waals surface area (Å²) >= 11 is 0. The minimum Gasteiger partial charge on any atom is -0.383 e. The molecule has 0 spiro atoms. The van der Waals surface area contributed by atoms with Gasteiger partial charge in [-0.3, -0.25) is 9.59 Å². The quantitative estimate of drug-likeness (QED) is 0.806. The van der Waals surface area contributed by atoms with E-state index in [1.54, 1.807) is 4.90 Å². The average molecular weight is 351 g/mol. The third-order valence-electron chi connectivity index (χ3n) is 4.48. The monoisotopic (exact) mass is 351 g/mol. The second kappa shape index (κ2) is 8.52. The Morgan fingerprint density at radius 2 is 1.85 bits per heavy atom. The van der Waals surface area contributed by atoms with Crippen LogP contribution in [0.5, 0.6) is 0 Å². The van der Waals surface area contributed by atoms with Gasteiger partial charge in [-0.2, -0.15) is 0 Å². The molecule has 26 heavy (non-hydrogen) atoms. The molecule has 1 heterocycles. The summed E-state index contributed by atoms with van der Waals surface area (Å²) in [5.74, 6) is 0.174.